The third-order valence-corrected chi connectivity index (χ3v) is 16.8. The summed E-state index contributed by atoms with van der Waals surface area (Å²) >= 11 is 0. The Kier molecular flexibility index (Phi) is 10.4. The molecule has 306 valence electrons. The number of hydrogen-bond acceptors (Lipinski definition) is 10. The van der Waals surface area contributed by atoms with Gasteiger partial charge in [-0.3, -0.25) is 0 Å². The van der Waals surface area contributed by atoms with Gasteiger partial charge in [-0.05, 0) is 145 Å². The molecule has 0 spiro atoms. The summed E-state index contributed by atoms with van der Waals surface area (Å²) < 4.78 is 46.2. The van der Waals surface area contributed by atoms with Crippen LogP contribution < -0.4 is 0 Å². The van der Waals surface area contributed by atoms with Crippen LogP contribution in [0.4, 0.5) is 9.59 Å². The first-order valence-corrected chi connectivity index (χ1v) is 21.1. The summed E-state index contributed by atoms with van der Waals surface area (Å²) in [7, 11) is 0. The number of hydrogen-bond donors (Lipinski definition) is 0. The third kappa shape index (κ3) is 6.82. The van der Waals surface area contributed by atoms with Gasteiger partial charge in [-0.1, -0.05) is 46.8 Å². The number of allylic oxidation sites excluding steroid dienone is 1. The van der Waals surface area contributed by atoms with E-state index in [0.29, 0.717) is 49.4 Å². The molecule has 0 aromatic rings. The average Bonchev–Trinajstić information content (AvgIpc) is 3.77. The van der Waals surface area contributed by atoms with E-state index in [-0.39, 0.29) is 58.6 Å². The summed E-state index contributed by atoms with van der Waals surface area (Å²) in [6.45, 7) is 28.2. The fourth-order valence-corrected chi connectivity index (χ4v) is 14.1. The lowest BCUT2D eigenvalue weighted by molar-refractivity contribution is -0.250. The van der Waals surface area contributed by atoms with E-state index in [1.165, 1.54) is 24.8 Å². The Hall–Kier alpha value is -1.88. The smallest absolute Gasteiger partial charge is 0.434 e. The topological polar surface area (TPSA) is 108 Å². The molecule has 7 aliphatic rings. The molecule has 0 amide bonds. The van der Waals surface area contributed by atoms with E-state index < -0.39 is 23.9 Å². The van der Waals surface area contributed by atoms with Crippen LogP contribution in [0, 0.1) is 56.7 Å². The first kappa shape index (κ1) is 40.3. The molecule has 2 heterocycles. The maximum absolute atomic E-state index is 13.0. The van der Waals surface area contributed by atoms with Crippen LogP contribution in [0.25, 0.3) is 0 Å². The van der Waals surface area contributed by atoms with Crippen LogP contribution >= 0.6 is 0 Å². The highest BCUT2D eigenvalue weighted by Gasteiger charge is 2.71. The molecular weight excluding hydrogens is 688 g/mol. The molecule has 0 aromatic heterocycles. The molecule has 2 saturated heterocycles. The monoisotopic (exact) mass is 758 g/mol. The van der Waals surface area contributed by atoms with Crippen LogP contribution in [-0.2, 0) is 37.9 Å². The maximum atomic E-state index is 13.0. The second kappa shape index (κ2) is 13.9. The van der Waals surface area contributed by atoms with Gasteiger partial charge in [0, 0.05) is 10.8 Å². The first-order valence-electron chi connectivity index (χ1n) is 21.1. The lowest BCUT2D eigenvalue weighted by Crippen LogP contribution is -2.67. The Morgan fingerprint density at radius 2 is 1.30 bits per heavy atom. The molecule has 7 fully saturated rings. The summed E-state index contributed by atoms with van der Waals surface area (Å²) in [5.74, 6) is 1.08. The lowest BCUT2D eigenvalue weighted by atomic mass is 9.32. The summed E-state index contributed by atoms with van der Waals surface area (Å²) in [6, 6.07) is 0. The van der Waals surface area contributed by atoms with Gasteiger partial charge in [0.2, 0.25) is 0 Å². The largest absolute Gasteiger partial charge is 0.508 e. The van der Waals surface area contributed by atoms with E-state index >= 15 is 0 Å². The molecule has 0 N–H and O–H groups in total. The van der Waals surface area contributed by atoms with Gasteiger partial charge in [0.15, 0.2) is 11.6 Å². The van der Waals surface area contributed by atoms with E-state index in [4.69, 9.17) is 37.9 Å². The molecule has 0 bridgehead atoms. The Morgan fingerprint density at radius 1 is 0.667 bits per heavy atom. The van der Waals surface area contributed by atoms with Crippen LogP contribution in [0.3, 0.4) is 0 Å². The molecule has 12 atom stereocenters. The van der Waals surface area contributed by atoms with Gasteiger partial charge < -0.3 is 37.9 Å². The minimum Gasteiger partial charge on any atom is -0.434 e. The van der Waals surface area contributed by atoms with Crippen molar-refractivity contribution in [1.29, 1.82) is 0 Å². The van der Waals surface area contributed by atoms with Crippen molar-refractivity contribution in [2.24, 2.45) is 56.7 Å². The Bertz CT molecular complexity index is 1460. The first-order chi connectivity index (χ1) is 25.1. The summed E-state index contributed by atoms with van der Waals surface area (Å²) in [4.78, 5) is 26.0. The van der Waals surface area contributed by atoms with Crippen molar-refractivity contribution < 1.29 is 47.5 Å². The molecule has 54 heavy (non-hydrogen) atoms. The molecule has 7 rings (SSSR count). The van der Waals surface area contributed by atoms with Gasteiger partial charge in [0.1, 0.15) is 38.1 Å². The molecular formula is C44H70O10. The van der Waals surface area contributed by atoms with Gasteiger partial charge in [0.05, 0.1) is 13.2 Å². The zero-order valence-electron chi connectivity index (χ0n) is 35.0. The maximum Gasteiger partial charge on any atom is 0.508 e. The van der Waals surface area contributed by atoms with Gasteiger partial charge in [-0.15, -0.1) is 0 Å². The Morgan fingerprint density at radius 3 is 1.89 bits per heavy atom. The van der Waals surface area contributed by atoms with Crippen LogP contribution in [0.15, 0.2) is 12.2 Å². The normalized spacial score (nSPS) is 45.6. The standard InChI is InChI=1S/C44H70O10/c1-27(2)30-14-19-44(26-49-36(45)47-22-28-24-50-39(5,6)53-28)21-20-42(10)31(35(30)44)12-13-33-41(9)17-16-34(38(3,4)32(41)15-18-43(33,42)11)52-37(46)48-23-29-25-51-40(7,8)54-29/h28-35H,1,12-26H2,2-11H3/t28?,29?,30?,31?,32?,33?,34?,35?,41?,42?,43?,44-/m1/s1. The Balaban J connectivity index is 1.03. The molecule has 0 radical (unpaired) electrons. The van der Waals surface area contributed by atoms with Gasteiger partial charge in [0.25, 0.3) is 0 Å². The van der Waals surface area contributed by atoms with E-state index in [1.807, 2.05) is 27.7 Å². The second-order valence-corrected chi connectivity index (χ2v) is 20.8. The number of carbonyl (C=O) groups is 2. The lowest BCUT2D eigenvalue weighted by Gasteiger charge is -2.73. The third-order valence-electron chi connectivity index (χ3n) is 16.8. The summed E-state index contributed by atoms with van der Waals surface area (Å²) in [6.07, 6.45) is 8.94. The molecule has 10 heteroatoms. The van der Waals surface area contributed by atoms with Crippen molar-refractivity contribution in [1.82, 2.24) is 0 Å². The number of rotatable bonds is 8. The SMILES string of the molecule is C=C(C)C1CC[C@]2(COC(=O)OCC3COC(C)(C)O3)CCC3(C)C(CCC4C5(C)CCC(OC(=O)OCC6COC(C)(C)O6)C(C)(C)C5CCC43C)C12. The van der Waals surface area contributed by atoms with Crippen molar-refractivity contribution in [3.63, 3.8) is 0 Å². The second-order valence-electron chi connectivity index (χ2n) is 20.8. The van der Waals surface area contributed by atoms with Crippen molar-refractivity contribution in [3.05, 3.63) is 12.2 Å². The summed E-state index contributed by atoms with van der Waals surface area (Å²) in [5, 5.41) is 0. The highest BCUT2D eigenvalue weighted by atomic mass is 16.8. The fourth-order valence-electron chi connectivity index (χ4n) is 14.1. The number of carbonyl (C=O) groups excluding carboxylic acids is 2. The molecule has 5 saturated carbocycles. The highest BCUT2D eigenvalue weighted by Crippen LogP contribution is 2.77. The van der Waals surface area contributed by atoms with E-state index in [2.05, 4.69) is 48.1 Å². The van der Waals surface area contributed by atoms with Gasteiger partial charge in [-0.2, -0.15) is 0 Å². The van der Waals surface area contributed by atoms with Crippen molar-refractivity contribution >= 4 is 12.3 Å². The minimum atomic E-state index is -0.661. The molecule has 10 nitrogen and oxygen atoms in total. The van der Waals surface area contributed by atoms with Crippen molar-refractivity contribution in [2.75, 3.05) is 33.0 Å². The van der Waals surface area contributed by atoms with Crippen LogP contribution in [0.2, 0.25) is 0 Å². The minimum absolute atomic E-state index is 0.0643. The van der Waals surface area contributed by atoms with Crippen LogP contribution in [-0.4, -0.2) is 75.2 Å². The quantitative estimate of drug-likeness (QED) is 0.175. The Labute approximate surface area is 324 Å². The molecule has 2 aliphatic heterocycles. The van der Waals surface area contributed by atoms with Crippen molar-refractivity contribution in [3.8, 4) is 0 Å². The fraction of sp³-hybridized carbons (Fsp3) is 0.909. The summed E-state index contributed by atoms with van der Waals surface area (Å²) in [5.41, 5.74) is 1.49. The van der Waals surface area contributed by atoms with E-state index in [0.717, 1.165) is 44.9 Å². The number of ether oxygens (including phenoxy) is 8. The van der Waals surface area contributed by atoms with E-state index in [9.17, 15) is 9.59 Å². The zero-order valence-corrected chi connectivity index (χ0v) is 35.0. The van der Waals surface area contributed by atoms with Crippen LogP contribution in [0.1, 0.15) is 133 Å². The molecule has 0 aromatic carbocycles. The average molecular weight is 759 g/mol. The van der Waals surface area contributed by atoms with Gasteiger partial charge in [-0.25, -0.2) is 9.59 Å². The van der Waals surface area contributed by atoms with Gasteiger partial charge >= 0.3 is 12.3 Å². The highest BCUT2D eigenvalue weighted by molar-refractivity contribution is 5.60. The molecule has 5 aliphatic carbocycles. The predicted octanol–water partition coefficient (Wildman–Crippen LogP) is 9.62. The molecule has 11 unspecified atom stereocenters. The number of fused-ring (bicyclic) bond motifs is 7. The van der Waals surface area contributed by atoms with Crippen molar-refractivity contribution in [2.45, 2.75) is 163 Å². The van der Waals surface area contributed by atoms with Crippen LogP contribution in [0.5, 0.6) is 0 Å². The zero-order chi connectivity index (χ0) is 39.1. The predicted molar refractivity (Wildman–Crippen MR) is 202 cm³/mol. The van der Waals surface area contributed by atoms with E-state index in [1.54, 1.807) is 0 Å².